The van der Waals surface area contributed by atoms with Gasteiger partial charge in [0, 0.05) is 0 Å². The SMILES string of the molecule is O=C(NO)c1cnc(N2CCI(C(/C=C/c3ccc(Cl)cc3)CN3CCOCC3)CC2)nc1. The molecule has 1 aromatic heterocycles. The van der Waals surface area contributed by atoms with Gasteiger partial charge in [-0.1, -0.05) is 0 Å². The number of morpholine rings is 1. The minimum atomic E-state index is -1.25. The number of nitrogens with one attached hydrogen (secondary N) is 1. The molecule has 0 spiro atoms. The average Bonchev–Trinajstić information content (AvgIpc) is 2.88. The van der Waals surface area contributed by atoms with Crippen molar-refractivity contribution >= 4 is 49.4 Å². The minimum absolute atomic E-state index is 0.240. The van der Waals surface area contributed by atoms with Gasteiger partial charge in [0.1, 0.15) is 0 Å². The Labute approximate surface area is 206 Å². The maximum absolute atomic E-state index is 11.5. The third-order valence-corrected chi connectivity index (χ3v) is 12.8. The molecule has 10 heteroatoms. The number of hydrogen-bond donors (Lipinski definition) is 2. The fraction of sp³-hybridized carbons (Fsp3) is 0.435. The standard InChI is InChI=1S/C23H29ClIN5O3/c24-20-4-1-18(2-5-20)3-6-21(17-29-11-13-33-14-12-29)25-7-9-30(10-8-25)23-26-15-19(16-27-23)22(31)28-32/h1-6,15-16,21,32H,7-14,17H2,(H,28,31)/b6-3+. The number of nitrogens with zero attached hydrogens (tertiary/aromatic N) is 4. The number of ether oxygens (including phenoxy) is 1. The van der Waals surface area contributed by atoms with Crippen LogP contribution in [0.4, 0.5) is 5.95 Å². The van der Waals surface area contributed by atoms with E-state index in [2.05, 4.69) is 44.1 Å². The van der Waals surface area contributed by atoms with Crippen molar-refractivity contribution in [3.63, 3.8) is 0 Å². The summed E-state index contributed by atoms with van der Waals surface area (Å²) in [5, 5.41) is 9.51. The Kier molecular flexibility index (Phi) is 8.90. The van der Waals surface area contributed by atoms with Gasteiger partial charge >= 0.3 is 207 Å². The molecule has 0 aliphatic carbocycles. The predicted octanol–water partition coefficient (Wildman–Crippen LogP) is 2.99. The second-order valence-electron chi connectivity index (χ2n) is 7.91. The van der Waals surface area contributed by atoms with E-state index in [1.807, 2.05) is 12.1 Å². The van der Waals surface area contributed by atoms with Gasteiger partial charge < -0.3 is 0 Å². The zero-order valence-electron chi connectivity index (χ0n) is 18.4. The summed E-state index contributed by atoms with van der Waals surface area (Å²) in [4.78, 5) is 24.9. The molecule has 2 saturated heterocycles. The molecule has 33 heavy (non-hydrogen) atoms. The fourth-order valence-electron chi connectivity index (χ4n) is 3.86. The number of aromatic nitrogens is 2. The van der Waals surface area contributed by atoms with Crippen molar-refractivity contribution in [3.05, 3.63) is 58.9 Å². The van der Waals surface area contributed by atoms with Gasteiger partial charge in [0.15, 0.2) is 0 Å². The summed E-state index contributed by atoms with van der Waals surface area (Å²) in [5.74, 6) is 0.0356. The van der Waals surface area contributed by atoms with Gasteiger partial charge in [-0.25, -0.2) is 0 Å². The summed E-state index contributed by atoms with van der Waals surface area (Å²) in [5.41, 5.74) is 3.03. The first kappa shape index (κ1) is 24.3. The molecular weight excluding hydrogens is 557 g/mol. The Morgan fingerprint density at radius 1 is 1.15 bits per heavy atom. The molecule has 1 amide bonds. The number of hydroxylamine groups is 1. The average molecular weight is 586 g/mol. The molecule has 4 rings (SSSR count). The molecule has 2 aliphatic rings. The first-order valence-electron chi connectivity index (χ1n) is 11.0. The van der Waals surface area contributed by atoms with Gasteiger partial charge in [0.2, 0.25) is 0 Å². The van der Waals surface area contributed by atoms with Crippen LogP contribution in [0, 0.1) is 0 Å². The van der Waals surface area contributed by atoms with E-state index in [1.54, 1.807) is 5.48 Å². The van der Waals surface area contributed by atoms with E-state index in [4.69, 9.17) is 21.5 Å². The summed E-state index contributed by atoms with van der Waals surface area (Å²) < 4.78 is 8.54. The van der Waals surface area contributed by atoms with Gasteiger partial charge in [-0.15, -0.1) is 0 Å². The number of carbonyl (C=O) groups is 1. The Morgan fingerprint density at radius 3 is 2.45 bits per heavy atom. The molecule has 1 aromatic carbocycles. The van der Waals surface area contributed by atoms with E-state index < -0.39 is 25.7 Å². The second kappa shape index (κ2) is 12.1. The van der Waals surface area contributed by atoms with Gasteiger partial charge in [0.25, 0.3) is 0 Å². The third-order valence-electron chi connectivity index (χ3n) is 5.78. The summed E-state index contributed by atoms with van der Waals surface area (Å²) >= 11 is 4.79. The monoisotopic (exact) mass is 585 g/mol. The van der Waals surface area contributed by atoms with Crippen LogP contribution in [0.5, 0.6) is 0 Å². The van der Waals surface area contributed by atoms with E-state index in [-0.39, 0.29) is 5.56 Å². The van der Waals surface area contributed by atoms with E-state index in [1.165, 1.54) is 26.8 Å². The Morgan fingerprint density at radius 2 is 1.82 bits per heavy atom. The number of benzene rings is 1. The number of hydrogen-bond acceptors (Lipinski definition) is 7. The molecule has 2 aliphatic heterocycles. The fourth-order valence-corrected chi connectivity index (χ4v) is 10.4. The van der Waals surface area contributed by atoms with Crippen LogP contribution < -0.4 is 10.4 Å². The van der Waals surface area contributed by atoms with Crippen molar-refractivity contribution in [2.75, 3.05) is 59.7 Å². The maximum atomic E-state index is 11.5. The topological polar surface area (TPSA) is 90.8 Å². The molecule has 1 unspecified atom stereocenters. The first-order chi connectivity index (χ1) is 16.1. The van der Waals surface area contributed by atoms with E-state index in [9.17, 15) is 4.79 Å². The molecule has 2 fully saturated rings. The Bertz CT molecular complexity index is 930. The first-order valence-corrected chi connectivity index (χ1v) is 15.7. The Balaban J connectivity index is 1.40. The van der Waals surface area contributed by atoms with Crippen molar-refractivity contribution in [1.29, 1.82) is 0 Å². The van der Waals surface area contributed by atoms with Gasteiger partial charge in [-0.3, -0.25) is 0 Å². The van der Waals surface area contributed by atoms with Crippen LogP contribution in [-0.4, -0.2) is 84.7 Å². The molecular formula is C23H29ClIN5O3. The quantitative estimate of drug-likeness (QED) is 0.224. The van der Waals surface area contributed by atoms with Crippen molar-refractivity contribution < 1.29 is 14.7 Å². The van der Waals surface area contributed by atoms with Crippen molar-refractivity contribution in [1.82, 2.24) is 20.3 Å². The predicted molar refractivity (Wildman–Crippen MR) is 139 cm³/mol. The van der Waals surface area contributed by atoms with Crippen LogP contribution in [0.15, 0.2) is 42.7 Å². The number of anilines is 1. The van der Waals surface area contributed by atoms with Crippen LogP contribution in [0.1, 0.15) is 15.9 Å². The van der Waals surface area contributed by atoms with Crippen LogP contribution >= 0.6 is 31.4 Å². The normalized spacial score (nSPS) is 19.6. The molecule has 2 N–H and O–H groups in total. The summed E-state index contributed by atoms with van der Waals surface area (Å²) in [6.07, 6.45) is 7.58. The number of rotatable bonds is 7. The summed E-state index contributed by atoms with van der Waals surface area (Å²) in [7, 11) is 0. The van der Waals surface area contributed by atoms with Crippen molar-refractivity contribution in [2.24, 2.45) is 0 Å². The van der Waals surface area contributed by atoms with Crippen LogP contribution in [0.25, 0.3) is 6.08 Å². The van der Waals surface area contributed by atoms with Gasteiger partial charge in [-0.2, -0.15) is 0 Å². The third kappa shape index (κ3) is 6.86. The molecule has 0 saturated carbocycles. The van der Waals surface area contributed by atoms with Crippen LogP contribution in [0.2, 0.25) is 5.02 Å². The molecule has 8 nitrogen and oxygen atoms in total. The Hall–Kier alpha value is -1.79. The van der Waals surface area contributed by atoms with Crippen LogP contribution in [0.3, 0.4) is 0 Å². The van der Waals surface area contributed by atoms with Crippen molar-refractivity contribution in [3.8, 4) is 0 Å². The number of carbonyl (C=O) groups excluding carboxylic acids is 1. The van der Waals surface area contributed by atoms with E-state index in [0.717, 1.165) is 51.0 Å². The summed E-state index contributed by atoms with van der Waals surface area (Å²) in [6.45, 7) is 6.61. The van der Waals surface area contributed by atoms with E-state index >= 15 is 0 Å². The van der Waals surface area contributed by atoms with Crippen LogP contribution in [-0.2, 0) is 4.74 Å². The molecule has 0 bridgehead atoms. The molecule has 0 radical (unpaired) electrons. The van der Waals surface area contributed by atoms with Gasteiger partial charge in [0.05, 0.1) is 0 Å². The molecule has 178 valence electrons. The number of amides is 1. The van der Waals surface area contributed by atoms with Gasteiger partial charge in [-0.05, 0) is 0 Å². The zero-order chi connectivity index (χ0) is 23.0. The number of halogens is 2. The molecule has 1 atom stereocenters. The summed E-state index contributed by atoms with van der Waals surface area (Å²) in [6, 6.07) is 8.00. The molecule has 2 aromatic rings. The van der Waals surface area contributed by atoms with Crippen molar-refractivity contribution in [2.45, 2.75) is 3.92 Å². The van der Waals surface area contributed by atoms with E-state index in [0.29, 0.717) is 9.87 Å². The zero-order valence-corrected chi connectivity index (χ0v) is 21.3. The molecule has 3 heterocycles. The second-order valence-corrected chi connectivity index (χ2v) is 14.9. The number of alkyl halides is 3.